The number of hydrogen-bond donors (Lipinski definition) is 1. The summed E-state index contributed by atoms with van der Waals surface area (Å²) in [5.74, 6) is 1.85. The van der Waals surface area contributed by atoms with E-state index in [0.717, 1.165) is 27.8 Å². The first kappa shape index (κ1) is 19.5. The summed E-state index contributed by atoms with van der Waals surface area (Å²) in [7, 11) is 1.64. The number of carbonyl (C=O) groups is 1. The van der Waals surface area contributed by atoms with E-state index in [9.17, 15) is 4.79 Å². The quantitative estimate of drug-likeness (QED) is 0.480. The third-order valence-corrected chi connectivity index (χ3v) is 4.84. The molecule has 0 aliphatic rings. The molecule has 0 radical (unpaired) electrons. The van der Waals surface area contributed by atoms with E-state index in [1.807, 2.05) is 55.5 Å². The lowest BCUT2D eigenvalue weighted by molar-refractivity contribution is 0.0950. The summed E-state index contributed by atoms with van der Waals surface area (Å²) in [6, 6.07) is 22.6. The number of benzene rings is 3. The lowest BCUT2D eigenvalue weighted by atomic mass is 10.1. The molecule has 0 fully saturated rings. The first-order valence-corrected chi connectivity index (χ1v) is 9.67. The van der Waals surface area contributed by atoms with Crippen molar-refractivity contribution in [3.8, 4) is 17.2 Å². The van der Waals surface area contributed by atoms with E-state index in [2.05, 4.69) is 10.3 Å². The van der Waals surface area contributed by atoms with Crippen molar-refractivity contribution >= 4 is 16.8 Å². The van der Waals surface area contributed by atoms with E-state index in [1.54, 1.807) is 37.6 Å². The number of methoxy groups -OCH3 is 1. The number of fused-ring (bicyclic) bond motifs is 1. The fraction of sp³-hybridized carbons (Fsp3) is 0.120. The van der Waals surface area contributed by atoms with Crippen LogP contribution in [0.3, 0.4) is 0 Å². The highest BCUT2D eigenvalue weighted by Gasteiger charge is 2.11. The van der Waals surface area contributed by atoms with Crippen LogP contribution in [-0.2, 0) is 6.54 Å². The molecule has 0 saturated carbocycles. The van der Waals surface area contributed by atoms with Crippen molar-refractivity contribution < 1.29 is 14.3 Å². The van der Waals surface area contributed by atoms with Crippen molar-refractivity contribution in [3.63, 3.8) is 0 Å². The van der Waals surface area contributed by atoms with Gasteiger partial charge in [0.25, 0.3) is 5.91 Å². The molecule has 0 unspecified atom stereocenters. The van der Waals surface area contributed by atoms with Crippen LogP contribution in [0.4, 0.5) is 0 Å². The smallest absolute Gasteiger partial charge is 0.251 e. The van der Waals surface area contributed by atoms with Crippen LogP contribution in [-0.4, -0.2) is 18.0 Å². The van der Waals surface area contributed by atoms with Crippen LogP contribution in [0.15, 0.2) is 79.0 Å². The molecule has 5 nitrogen and oxygen atoms in total. The molecule has 1 N–H and O–H groups in total. The van der Waals surface area contributed by atoms with Gasteiger partial charge in [-0.1, -0.05) is 36.4 Å². The molecule has 0 aliphatic carbocycles. The zero-order valence-corrected chi connectivity index (χ0v) is 16.9. The van der Waals surface area contributed by atoms with E-state index >= 15 is 0 Å². The van der Waals surface area contributed by atoms with Gasteiger partial charge in [0.2, 0.25) is 0 Å². The molecule has 0 aliphatic heterocycles. The van der Waals surface area contributed by atoms with Gasteiger partial charge < -0.3 is 14.8 Å². The van der Waals surface area contributed by atoms with Crippen molar-refractivity contribution in [3.05, 3.63) is 95.7 Å². The molecule has 0 bridgehead atoms. The highest BCUT2D eigenvalue weighted by molar-refractivity contribution is 5.94. The first-order chi connectivity index (χ1) is 14.6. The van der Waals surface area contributed by atoms with Crippen molar-refractivity contribution in [1.82, 2.24) is 10.3 Å². The summed E-state index contributed by atoms with van der Waals surface area (Å²) in [6.07, 6.45) is 1.71. The summed E-state index contributed by atoms with van der Waals surface area (Å²) in [6.45, 7) is 2.45. The molecule has 150 valence electrons. The number of nitrogens with one attached hydrogen (secondary N) is 1. The van der Waals surface area contributed by atoms with Crippen LogP contribution >= 0.6 is 0 Å². The van der Waals surface area contributed by atoms with Crippen LogP contribution in [0.25, 0.3) is 10.9 Å². The second-order valence-corrected chi connectivity index (χ2v) is 6.95. The van der Waals surface area contributed by atoms with Crippen molar-refractivity contribution in [2.45, 2.75) is 13.5 Å². The van der Waals surface area contributed by atoms with Crippen molar-refractivity contribution in [2.75, 3.05) is 7.11 Å². The minimum absolute atomic E-state index is 0.152. The van der Waals surface area contributed by atoms with Crippen molar-refractivity contribution in [2.24, 2.45) is 0 Å². The Bertz CT molecular complexity index is 1190. The average molecular weight is 398 g/mol. The Hall–Kier alpha value is -3.86. The van der Waals surface area contributed by atoms with E-state index < -0.39 is 0 Å². The Labute approximate surface area is 175 Å². The first-order valence-electron chi connectivity index (χ1n) is 9.67. The number of ether oxygens (including phenoxy) is 2. The van der Waals surface area contributed by atoms with Gasteiger partial charge in [0.05, 0.1) is 12.6 Å². The number of pyridine rings is 1. The van der Waals surface area contributed by atoms with Crippen LogP contribution < -0.4 is 14.8 Å². The zero-order chi connectivity index (χ0) is 20.9. The van der Waals surface area contributed by atoms with Gasteiger partial charge in [0.1, 0.15) is 17.2 Å². The molecular weight excluding hydrogens is 376 g/mol. The number of rotatable bonds is 6. The number of carbonyl (C=O) groups excluding carboxylic acids is 1. The largest absolute Gasteiger partial charge is 0.496 e. The maximum absolute atomic E-state index is 12.6. The standard InChI is InChI=1S/C25H22N2O3/c1-17-13-22-21(15-24(17)29-2)23(11-12-26-22)30-20-10-6-9-19(14-20)25(28)27-16-18-7-4-3-5-8-18/h3-15H,16H2,1-2H3,(H,27,28). The maximum Gasteiger partial charge on any atom is 0.251 e. The normalized spacial score (nSPS) is 10.6. The summed E-state index contributed by atoms with van der Waals surface area (Å²) in [5, 5.41) is 3.78. The molecule has 4 aromatic rings. The lowest BCUT2D eigenvalue weighted by Crippen LogP contribution is -2.22. The minimum atomic E-state index is -0.152. The summed E-state index contributed by atoms with van der Waals surface area (Å²) in [5.41, 5.74) is 3.41. The SMILES string of the molecule is COc1cc2c(Oc3cccc(C(=O)NCc4ccccc4)c3)ccnc2cc1C. The zero-order valence-electron chi connectivity index (χ0n) is 16.9. The van der Waals surface area contributed by atoms with Crippen LogP contribution in [0.1, 0.15) is 21.5 Å². The molecule has 0 saturated heterocycles. The molecule has 1 heterocycles. The highest BCUT2D eigenvalue weighted by Crippen LogP contribution is 2.33. The number of aromatic nitrogens is 1. The second-order valence-electron chi connectivity index (χ2n) is 6.95. The van der Waals surface area contributed by atoms with Gasteiger partial charge in [-0.2, -0.15) is 0 Å². The molecule has 5 heteroatoms. The summed E-state index contributed by atoms with van der Waals surface area (Å²) in [4.78, 5) is 17.0. The number of nitrogens with zero attached hydrogens (tertiary/aromatic N) is 1. The van der Waals surface area contributed by atoms with Crippen LogP contribution in [0, 0.1) is 6.92 Å². The topological polar surface area (TPSA) is 60.5 Å². The van der Waals surface area contributed by atoms with Gasteiger partial charge in [-0.05, 0) is 54.4 Å². The Kier molecular flexibility index (Phi) is 5.61. The maximum atomic E-state index is 12.6. The lowest BCUT2D eigenvalue weighted by Gasteiger charge is -2.12. The fourth-order valence-corrected chi connectivity index (χ4v) is 3.27. The van der Waals surface area contributed by atoms with E-state index in [-0.39, 0.29) is 5.91 Å². The van der Waals surface area contributed by atoms with Gasteiger partial charge in [0.15, 0.2) is 0 Å². The molecule has 30 heavy (non-hydrogen) atoms. The monoisotopic (exact) mass is 398 g/mol. The molecule has 4 rings (SSSR count). The van der Waals surface area contributed by atoms with Gasteiger partial charge in [-0.15, -0.1) is 0 Å². The van der Waals surface area contributed by atoms with E-state index in [0.29, 0.717) is 23.6 Å². The van der Waals surface area contributed by atoms with Crippen LogP contribution in [0.5, 0.6) is 17.2 Å². The summed E-state index contributed by atoms with van der Waals surface area (Å²) < 4.78 is 11.5. The van der Waals surface area contributed by atoms with Gasteiger partial charge >= 0.3 is 0 Å². The van der Waals surface area contributed by atoms with Gasteiger partial charge in [-0.25, -0.2) is 0 Å². The van der Waals surface area contributed by atoms with E-state index in [4.69, 9.17) is 9.47 Å². The Morgan fingerprint density at radius 3 is 2.60 bits per heavy atom. The number of aryl methyl sites for hydroxylation is 1. The average Bonchev–Trinajstić information content (AvgIpc) is 2.78. The third kappa shape index (κ3) is 4.25. The Morgan fingerprint density at radius 2 is 1.80 bits per heavy atom. The molecule has 3 aromatic carbocycles. The molecule has 1 aromatic heterocycles. The second kappa shape index (κ2) is 8.66. The molecular formula is C25H22N2O3. The predicted octanol–water partition coefficient (Wildman–Crippen LogP) is 5.27. The Morgan fingerprint density at radius 1 is 0.967 bits per heavy atom. The number of amides is 1. The van der Waals surface area contributed by atoms with Gasteiger partial charge in [0, 0.05) is 23.7 Å². The molecule has 0 spiro atoms. The minimum Gasteiger partial charge on any atom is -0.496 e. The molecule has 1 amide bonds. The van der Waals surface area contributed by atoms with Gasteiger partial charge in [-0.3, -0.25) is 9.78 Å². The third-order valence-electron chi connectivity index (χ3n) is 4.84. The molecule has 0 atom stereocenters. The Balaban J connectivity index is 1.55. The fourth-order valence-electron chi connectivity index (χ4n) is 3.27. The predicted molar refractivity (Wildman–Crippen MR) is 117 cm³/mol. The summed E-state index contributed by atoms with van der Waals surface area (Å²) >= 11 is 0. The number of hydrogen-bond acceptors (Lipinski definition) is 4. The van der Waals surface area contributed by atoms with E-state index in [1.165, 1.54) is 0 Å². The van der Waals surface area contributed by atoms with Crippen LogP contribution in [0.2, 0.25) is 0 Å². The highest BCUT2D eigenvalue weighted by atomic mass is 16.5. The van der Waals surface area contributed by atoms with Crippen molar-refractivity contribution in [1.29, 1.82) is 0 Å².